The van der Waals surface area contributed by atoms with Gasteiger partial charge in [-0.2, -0.15) is 0 Å². The fraction of sp³-hybridized carbons (Fsp3) is 0.125. The summed E-state index contributed by atoms with van der Waals surface area (Å²) in [7, 11) is 1.50. The van der Waals surface area contributed by atoms with E-state index < -0.39 is 0 Å². The smallest absolute Gasteiger partial charge is 0.274 e. The van der Waals surface area contributed by atoms with Crippen molar-refractivity contribution >= 4 is 34.1 Å². The number of carbonyl (C=O) groups excluding carboxylic acids is 1. The fourth-order valence-electron chi connectivity index (χ4n) is 2.21. The van der Waals surface area contributed by atoms with Crippen LogP contribution in [-0.2, 0) is 6.54 Å². The molecule has 2 aromatic heterocycles. The minimum absolute atomic E-state index is 0.0584. The molecule has 24 heavy (non-hydrogen) atoms. The SMILES string of the molecule is CN=C(N)NC(=O)c1cc2cccc(Oc3ccc(CN)s3)c2[nH]1. The average Bonchev–Trinajstić information content (AvgIpc) is 3.21. The number of guanidine groups is 1. The lowest BCUT2D eigenvalue weighted by Crippen LogP contribution is -2.36. The van der Waals surface area contributed by atoms with Crippen molar-refractivity contribution in [1.29, 1.82) is 0 Å². The van der Waals surface area contributed by atoms with Gasteiger partial charge in [0.2, 0.25) is 0 Å². The number of nitrogens with one attached hydrogen (secondary N) is 2. The highest BCUT2D eigenvalue weighted by atomic mass is 32.1. The summed E-state index contributed by atoms with van der Waals surface area (Å²) in [6, 6.07) is 11.1. The highest BCUT2D eigenvalue weighted by Gasteiger charge is 2.13. The number of nitrogens with zero attached hydrogens (tertiary/aromatic N) is 1. The lowest BCUT2D eigenvalue weighted by Gasteiger charge is -2.04. The Hall–Kier alpha value is -2.84. The maximum atomic E-state index is 12.1. The van der Waals surface area contributed by atoms with Crippen molar-refractivity contribution in [2.24, 2.45) is 16.5 Å². The summed E-state index contributed by atoms with van der Waals surface area (Å²) in [6.45, 7) is 0.478. The molecular formula is C16H17N5O2S. The molecule has 3 aromatic rings. The molecule has 0 aliphatic rings. The second kappa shape index (κ2) is 6.73. The van der Waals surface area contributed by atoms with Gasteiger partial charge in [-0.1, -0.05) is 12.1 Å². The first-order chi connectivity index (χ1) is 11.6. The molecule has 0 aliphatic carbocycles. The molecular weight excluding hydrogens is 326 g/mol. The zero-order valence-corrected chi connectivity index (χ0v) is 13.8. The summed E-state index contributed by atoms with van der Waals surface area (Å²) in [5, 5.41) is 4.09. The Morgan fingerprint density at radius 2 is 2.21 bits per heavy atom. The molecule has 7 nitrogen and oxygen atoms in total. The van der Waals surface area contributed by atoms with Gasteiger partial charge in [-0.15, -0.1) is 11.3 Å². The number of fused-ring (bicyclic) bond motifs is 1. The minimum Gasteiger partial charge on any atom is -0.444 e. The number of hydrogen-bond donors (Lipinski definition) is 4. The maximum absolute atomic E-state index is 12.1. The van der Waals surface area contributed by atoms with Crippen LogP contribution in [0.25, 0.3) is 10.9 Å². The van der Waals surface area contributed by atoms with Crippen LogP contribution >= 0.6 is 11.3 Å². The lowest BCUT2D eigenvalue weighted by molar-refractivity contribution is 0.0972. The average molecular weight is 343 g/mol. The molecule has 0 spiro atoms. The summed E-state index contributed by atoms with van der Waals surface area (Å²) in [5.74, 6) is 0.332. The van der Waals surface area contributed by atoms with E-state index in [1.165, 1.54) is 18.4 Å². The Kier molecular flexibility index (Phi) is 4.50. The first-order valence-electron chi connectivity index (χ1n) is 7.22. The Labute approximate surface area is 142 Å². The van der Waals surface area contributed by atoms with Crippen molar-refractivity contribution in [2.75, 3.05) is 7.05 Å². The summed E-state index contributed by atoms with van der Waals surface area (Å²) in [5.41, 5.74) is 12.3. The predicted octanol–water partition coefficient (Wildman–Crippen LogP) is 2.15. The van der Waals surface area contributed by atoms with Crippen LogP contribution in [0, 0.1) is 0 Å². The van der Waals surface area contributed by atoms with Crippen LogP contribution < -0.4 is 21.5 Å². The topological polar surface area (TPSA) is 119 Å². The van der Waals surface area contributed by atoms with Crippen molar-refractivity contribution in [3.8, 4) is 10.8 Å². The Morgan fingerprint density at radius 3 is 2.92 bits per heavy atom. The maximum Gasteiger partial charge on any atom is 0.274 e. The minimum atomic E-state index is -0.359. The number of benzene rings is 1. The third kappa shape index (κ3) is 3.24. The van der Waals surface area contributed by atoms with Crippen LogP contribution in [0.1, 0.15) is 15.4 Å². The molecule has 0 fully saturated rings. The molecule has 0 atom stereocenters. The summed E-state index contributed by atoms with van der Waals surface area (Å²) < 4.78 is 5.92. The normalized spacial score (nSPS) is 11.7. The molecule has 1 aromatic carbocycles. The van der Waals surface area contributed by atoms with Crippen LogP contribution in [-0.4, -0.2) is 23.9 Å². The van der Waals surface area contributed by atoms with Gasteiger partial charge in [0.25, 0.3) is 5.91 Å². The fourth-order valence-corrected chi connectivity index (χ4v) is 2.95. The number of aromatic amines is 1. The number of hydrogen-bond acceptors (Lipinski definition) is 5. The second-order valence-corrected chi connectivity index (χ2v) is 6.12. The molecule has 2 heterocycles. The number of aliphatic imine (C=N–C) groups is 1. The molecule has 8 heteroatoms. The van der Waals surface area contributed by atoms with Crippen molar-refractivity contribution in [3.05, 3.63) is 47.0 Å². The lowest BCUT2D eigenvalue weighted by atomic mass is 10.2. The molecule has 0 aliphatic heterocycles. The van der Waals surface area contributed by atoms with Gasteiger partial charge in [0.1, 0.15) is 5.69 Å². The Bertz CT molecular complexity index is 912. The van der Waals surface area contributed by atoms with E-state index in [4.69, 9.17) is 16.2 Å². The number of aromatic nitrogens is 1. The third-order valence-electron chi connectivity index (χ3n) is 3.39. The second-order valence-electron chi connectivity index (χ2n) is 4.99. The number of thiophene rings is 1. The van der Waals surface area contributed by atoms with Gasteiger partial charge in [-0.3, -0.25) is 15.1 Å². The standard InChI is InChI=1S/C16H17N5O2S/c1-19-16(18)21-15(22)11-7-9-3-2-4-12(14(9)20-11)23-13-6-5-10(8-17)24-13/h2-7,20H,8,17H2,1H3,(H3,18,19,21,22). The van der Waals surface area contributed by atoms with Crippen LogP contribution in [0.2, 0.25) is 0 Å². The number of amides is 1. The van der Waals surface area contributed by atoms with Crippen LogP contribution in [0.3, 0.4) is 0 Å². The number of nitrogens with two attached hydrogens (primary N) is 2. The molecule has 6 N–H and O–H groups in total. The first-order valence-corrected chi connectivity index (χ1v) is 8.04. The van der Waals surface area contributed by atoms with Crippen LogP contribution in [0.4, 0.5) is 0 Å². The molecule has 3 rings (SSSR count). The summed E-state index contributed by atoms with van der Waals surface area (Å²) in [4.78, 5) is 20.0. The Balaban J connectivity index is 1.91. The van der Waals surface area contributed by atoms with E-state index in [-0.39, 0.29) is 11.9 Å². The largest absolute Gasteiger partial charge is 0.444 e. The molecule has 124 valence electrons. The van der Waals surface area contributed by atoms with Crippen LogP contribution in [0.15, 0.2) is 41.4 Å². The van der Waals surface area contributed by atoms with E-state index in [0.717, 1.165) is 20.8 Å². The van der Waals surface area contributed by atoms with Gasteiger partial charge in [0, 0.05) is 23.9 Å². The Morgan fingerprint density at radius 1 is 1.38 bits per heavy atom. The van der Waals surface area contributed by atoms with Crippen LogP contribution in [0.5, 0.6) is 10.8 Å². The zero-order valence-electron chi connectivity index (χ0n) is 13.0. The van der Waals surface area contributed by atoms with Crippen molar-refractivity contribution in [3.63, 3.8) is 0 Å². The van der Waals surface area contributed by atoms with Gasteiger partial charge in [-0.25, -0.2) is 0 Å². The van der Waals surface area contributed by atoms with Crippen molar-refractivity contribution in [2.45, 2.75) is 6.54 Å². The van der Waals surface area contributed by atoms with Gasteiger partial charge >= 0.3 is 0 Å². The number of rotatable bonds is 4. The number of carbonyl (C=O) groups is 1. The van der Waals surface area contributed by atoms with Gasteiger partial charge in [0.15, 0.2) is 16.8 Å². The highest BCUT2D eigenvalue weighted by Crippen LogP contribution is 2.33. The molecule has 0 saturated heterocycles. The van der Waals surface area contributed by atoms with Crippen molar-refractivity contribution < 1.29 is 9.53 Å². The zero-order chi connectivity index (χ0) is 17.1. The monoisotopic (exact) mass is 343 g/mol. The molecule has 1 amide bonds. The molecule has 0 bridgehead atoms. The van der Waals surface area contributed by atoms with Gasteiger partial charge in [0.05, 0.1) is 5.52 Å². The van der Waals surface area contributed by atoms with E-state index in [1.807, 2.05) is 30.3 Å². The molecule has 0 saturated carbocycles. The number of ether oxygens (including phenoxy) is 1. The molecule has 0 radical (unpaired) electrons. The van der Waals surface area contributed by atoms with E-state index in [1.54, 1.807) is 6.07 Å². The van der Waals surface area contributed by atoms with Gasteiger partial charge in [-0.05, 0) is 24.3 Å². The van der Waals surface area contributed by atoms with Gasteiger partial charge < -0.3 is 21.2 Å². The predicted molar refractivity (Wildman–Crippen MR) is 95.6 cm³/mol. The third-order valence-corrected chi connectivity index (χ3v) is 4.38. The first kappa shape index (κ1) is 16.0. The molecule has 0 unspecified atom stereocenters. The number of H-pyrrole nitrogens is 1. The van der Waals surface area contributed by atoms with E-state index in [9.17, 15) is 4.79 Å². The van der Waals surface area contributed by atoms with E-state index in [2.05, 4.69) is 15.3 Å². The quantitative estimate of drug-likeness (QED) is 0.429. The van der Waals surface area contributed by atoms with Crippen molar-refractivity contribution in [1.82, 2.24) is 10.3 Å². The summed E-state index contributed by atoms with van der Waals surface area (Å²) in [6.07, 6.45) is 0. The highest BCUT2D eigenvalue weighted by molar-refractivity contribution is 7.13. The summed E-state index contributed by atoms with van der Waals surface area (Å²) >= 11 is 1.49. The van der Waals surface area contributed by atoms with E-state index >= 15 is 0 Å². The number of para-hydroxylation sites is 1. The van der Waals surface area contributed by atoms with E-state index in [0.29, 0.717) is 18.0 Å².